The molecule has 0 spiro atoms. The Labute approximate surface area is 72.1 Å². The van der Waals surface area contributed by atoms with Gasteiger partial charge in [-0.15, -0.1) is 0 Å². The van der Waals surface area contributed by atoms with E-state index < -0.39 is 11.1 Å². The van der Waals surface area contributed by atoms with Crippen LogP contribution in [-0.4, -0.2) is 16.0 Å². The second-order valence-electron chi connectivity index (χ2n) is 2.73. The minimum absolute atomic E-state index is 0.0359. The highest BCUT2D eigenvalue weighted by Gasteiger charge is 2.19. The van der Waals surface area contributed by atoms with Gasteiger partial charge in [0, 0.05) is 6.42 Å². The number of aromatic nitrogens is 2. The highest BCUT2D eigenvalue weighted by molar-refractivity contribution is 6.02. The number of rotatable bonds is 0. The molecule has 1 aromatic heterocycles. The Balaban J connectivity index is 2.92. The maximum absolute atomic E-state index is 11.2. The maximum Gasteiger partial charge on any atom is 0.274 e. The van der Waals surface area contributed by atoms with Gasteiger partial charge in [-0.1, -0.05) is 12.2 Å². The Morgan fingerprint density at radius 3 is 2.46 bits per heavy atom. The van der Waals surface area contributed by atoms with Gasteiger partial charge in [0.1, 0.15) is 0 Å². The molecule has 0 amide bonds. The lowest BCUT2D eigenvalue weighted by atomic mass is 9.99. The monoisotopic (exact) mass is 178 g/mol. The van der Waals surface area contributed by atoms with E-state index in [-0.39, 0.29) is 23.3 Å². The van der Waals surface area contributed by atoms with Crippen LogP contribution < -0.4 is 11.1 Å². The van der Waals surface area contributed by atoms with Crippen LogP contribution in [0.25, 0.3) is 6.08 Å². The van der Waals surface area contributed by atoms with Crippen LogP contribution in [0.4, 0.5) is 0 Å². The van der Waals surface area contributed by atoms with E-state index in [4.69, 9.17) is 0 Å². The molecule has 5 heteroatoms. The first-order chi connectivity index (χ1) is 6.20. The number of fused-ring (bicyclic) bond motifs is 1. The van der Waals surface area contributed by atoms with Crippen molar-refractivity contribution in [3.63, 3.8) is 0 Å². The van der Waals surface area contributed by atoms with Crippen molar-refractivity contribution >= 4 is 11.9 Å². The number of H-pyrrole nitrogens is 2. The van der Waals surface area contributed by atoms with Crippen molar-refractivity contribution in [2.24, 2.45) is 0 Å². The summed E-state index contributed by atoms with van der Waals surface area (Å²) in [6, 6.07) is 0. The Morgan fingerprint density at radius 1 is 1.08 bits per heavy atom. The minimum Gasteiger partial charge on any atom is -0.294 e. The van der Waals surface area contributed by atoms with Gasteiger partial charge in [0.05, 0.1) is 11.1 Å². The predicted molar refractivity (Wildman–Crippen MR) is 45.7 cm³/mol. The number of nitrogens with one attached hydrogen (secondary N) is 2. The molecule has 5 nitrogen and oxygen atoms in total. The standard InChI is InChI=1S/C8H6N2O3/c11-5-3-1-2-4-6(5)8(13)10-9-7(4)12/h1-2H,3H2,(H,9,12)(H,10,13). The molecule has 2 rings (SSSR count). The normalized spacial score (nSPS) is 14.3. The van der Waals surface area contributed by atoms with Gasteiger partial charge in [0.15, 0.2) is 5.78 Å². The molecule has 1 aliphatic carbocycles. The van der Waals surface area contributed by atoms with Crippen LogP contribution in [0.2, 0.25) is 0 Å². The van der Waals surface area contributed by atoms with Crippen LogP contribution in [0, 0.1) is 0 Å². The summed E-state index contributed by atoms with van der Waals surface area (Å²) in [5.74, 6) is -0.315. The van der Waals surface area contributed by atoms with Crippen molar-refractivity contribution in [3.8, 4) is 0 Å². The summed E-state index contributed by atoms with van der Waals surface area (Å²) in [7, 11) is 0. The zero-order chi connectivity index (χ0) is 9.42. The van der Waals surface area contributed by atoms with Gasteiger partial charge in [-0.3, -0.25) is 24.6 Å². The van der Waals surface area contributed by atoms with Crippen LogP contribution in [0.3, 0.4) is 0 Å². The van der Waals surface area contributed by atoms with E-state index in [2.05, 4.69) is 10.2 Å². The largest absolute Gasteiger partial charge is 0.294 e. The first kappa shape index (κ1) is 7.72. The summed E-state index contributed by atoms with van der Waals surface area (Å²) >= 11 is 0. The van der Waals surface area contributed by atoms with Gasteiger partial charge in [0.25, 0.3) is 11.1 Å². The molecule has 0 saturated heterocycles. The molecular weight excluding hydrogens is 172 g/mol. The van der Waals surface area contributed by atoms with Crippen molar-refractivity contribution in [1.29, 1.82) is 0 Å². The summed E-state index contributed by atoms with van der Waals surface area (Å²) in [6.45, 7) is 0. The number of ketones is 1. The van der Waals surface area contributed by atoms with E-state index in [0.29, 0.717) is 0 Å². The van der Waals surface area contributed by atoms with Crippen LogP contribution >= 0.6 is 0 Å². The number of hydrogen-bond donors (Lipinski definition) is 2. The molecule has 1 heterocycles. The molecule has 0 aromatic carbocycles. The molecule has 0 aliphatic heterocycles. The van der Waals surface area contributed by atoms with Gasteiger partial charge >= 0.3 is 0 Å². The summed E-state index contributed by atoms with van der Waals surface area (Å²) in [5.41, 5.74) is -0.867. The Hall–Kier alpha value is -1.91. The Bertz CT molecular complexity index is 507. The quantitative estimate of drug-likeness (QED) is 0.570. The van der Waals surface area contributed by atoms with Gasteiger partial charge in [-0.05, 0) is 0 Å². The van der Waals surface area contributed by atoms with E-state index >= 15 is 0 Å². The molecule has 0 fully saturated rings. The molecule has 1 aliphatic rings. The fourth-order valence-corrected chi connectivity index (χ4v) is 1.30. The van der Waals surface area contributed by atoms with Crippen molar-refractivity contribution in [1.82, 2.24) is 10.2 Å². The van der Waals surface area contributed by atoms with Gasteiger partial charge < -0.3 is 0 Å². The Kier molecular flexibility index (Phi) is 1.51. The van der Waals surface area contributed by atoms with Crippen molar-refractivity contribution < 1.29 is 4.79 Å². The molecule has 66 valence electrons. The van der Waals surface area contributed by atoms with Gasteiger partial charge in [-0.25, -0.2) is 0 Å². The van der Waals surface area contributed by atoms with E-state index in [1.807, 2.05) is 0 Å². The summed E-state index contributed by atoms with van der Waals surface area (Å²) in [6.07, 6.45) is 3.24. The van der Waals surface area contributed by atoms with Crippen LogP contribution in [-0.2, 0) is 0 Å². The SMILES string of the molecule is O=C1CC=Cc2c1c(=O)[nH][nH]c2=O. The second-order valence-corrected chi connectivity index (χ2v) is 2.73. The molecule has 0 saturated carbocycles. The fraction of sp³-hybridized carbons (Fsp3) is 0.125. The second kappa shape index (κ2) is 2.55. The summed E-state index contributed by atoms with van der Waals surface area (Å²) in [5, 5.41) is 4.26. The molecule has 13 heavy (non-hydrogen) atoms. The summed E-state index contributed by atoms with van der Waals surface area (Å²) in [4.78, 5) is 33.5. The predicted octanol–water partition coefficient (Wildman–Crippen LogP) is -0.337. The zero-order valence-corrected chi connectivity index (χ0v) is 6.59. The third-order valence-electron chi connectivity index (χ3n) is 1.90. The third kappa shape index (κ3) is 1.05. The average molecular weight is 178 g/mol. The molecule has 0 unspecified atom stereocenters. The number of carbonyl (C=O) groups is 1. The number of aromatic amines is 2. The molecule has 2 N–H and O–H groups in total. The van der Waals surface area contributed by atoms with Gasteiger partial charge in [-0.2, -0.15) is 0 Å². The number of carbonyl (C=O) groups excluding carboxylic acids is 1. The first-order valence-corrected chi connectivity index (χ1v) is 3.75. The van der Waals surface area contributed by atoms with E-state index in [1.54, 1.807) is 6.08 Å². The van der Waals surface area contributed by atoms with Crippen LogP contribution in [0.15, 0.2) is 15.7 Å². The maximum atomic E-state index is 11.2. The van der Waals surface area contributed by atoms with Crippen molar-refractivity contribution in [2.75, 3.05) is 0 Å². The topological polar surface area (TPSA) is 82.8 Å². The Morgan fingerprint density at radius 2 is 1.77 bits per heavy atom. The number of allylic oxidation sites excluding steroid dienone is 1. The summed E-state index contributed by atoms with van der Waals surface area (Å²) < 4.78 is 0. The lowest BCUT2D eigenvalue weighted by Gasteiger charge is -2.05. The van der Waals surface area contributed by atoms with Crippen molar-refractivity contribution in [3.05, 3.63) is 37.9 Å². The molecule has 0 bridgehead atoms. The number of Topliss-reactive ketones (excluding diaryl/α,β-unsaturated/α-hetero) is 1. The first-order valence-electron chi connectivity index (χ1n) is 3.75. The molecule has 0 atom stereocenters. The van der Waals surface area contributed by atoms with Crippen LogP contribution in [0.5, 0.6) is 0 Å². The number of hydrogen-bond acceptors (Lipinski definition) is 3. The van der Waals surface area contributed by atoms with Gasteiger partial charge in [0.2, 0.25) is 0 Å². The smallest absolute Gasteiger partial charge is 0.274 e. The third-order valence-corrected chi connectivity index (χ3v) is 1.90. The molecular formula is C8H6N2O3. The van der Waals surface area contributed by atoms with Crippen molar-refractivity contribution in [2.45, 2.75) is 6.42 Å². The minimum atomic E-state index is -0.538. The molecule has 1 aromatic rings. The fourth-order valence-electron chi connectivity index (χ4n) is 1.30. The van der Waals surface area contributed by atoms with E-state index in [1.165, 1.54) is 6.08 Å². The average Bonchev–Trinajstić information content (AvgIpc) is 2.12. The van der Waals surface area contributed by atoms with E-state index in [0.717, 1.165) is 0 Å². The van der Waals surface area contributed by atoms with E-state index in [9.17, 15) is 14.4 Å². The zero-order valence-electron chi connectivity index (χ0n) is 6.59. The highest BCUT2D eigenvalue weighted by Crippen LogP contribution is 2.10. The van der Waals surface area contributed by atoms with Crippen LogP contribution in [0.1, 0.15) is 22.3 Å². The lowest BCUT2D eigenvalue weighted by molar-refractivity contribution is 0.0992. The highest BCUT2D eigenvalue weighted by atomic mass is 16.2. The lowest BCUT2D eigenvalue weighted by Crippen LogP contribution is -2.29. The molecule has 0 radical (unpaired) electrons.